The Labute approximate surface area is 159 Å². The number of carboxylic acids is 1. The highest BCUT2D eigenvalue weighted by Gasteiger charge is 2.29. The van der Waals surface area contributed by atoms with Crippen LogP contribution < -0.4 is 0 Å². The summed E-state index contributed by atoms with van der Waals surface area (Å²) in [7, 11) is 3.27. The second-order valence-corrected chi connectivity index (χ2v) is 7.60. The molecular weight excluding hydrogens is 344 g/mol. The van der Waals surface area contributed by atoms with Crippen molar-refractivity contribution in [3.05, 3.63) is 48.3 Å². The molecule has 1 N–H and O–H groups in total. The molecule has 1 amide bonds. The van der Waals surface area contributed by atoms with Crippen LogP contribution in [-0.4, -0.2) is 50.9 Å². The van der Waals surface area contributed by atoms with Crippen molar-refractivity contribution in [3.8, 4) is 11.4 Å². The molecule has 1 aromatic heterocycles. The Hall–Kier alpha value is -2.96. The molecule has 1 heterocycles. The van der Waals surface area contributed by atoms with Crippen LogP contribution in [0.3, 0.4) is 0 Å². The van der Waals surface area contributed by atoms with Crippen LogP contribution in [0.5, 0.6) is 0 Å². The predicted molar refractivity (Wildman–Crippen MR) is 104 cm³/mol. The van der Waals surface area contributed by atoms with Gasteiger partial charge < -0.3 is 10.0 Å². The van der Waals surface area contributed by atoms with Crippen molar-refractivity contribution in [3.63, 3.8) is 0 Å². The number of aromatic nitrogens is 3. The fourth-order valence-corrected chi connectivity index (χ4v) is 2.66. The van der Waals surface area contributed by atoms with Gasteiger partial charge in [-0.05, 0) is 12.0 Å². The number of hydrogen-bond acceptors (Lipinski definition) is 4. The number of carboxylic acid groups (broad SMARTS) is 1. The number of carbonyl (C=O) groups is 2. The van der Waals surface area contributed by atoms with Gasteiger partial charge in [0.05, 0.1) is 5.92 Å². The first-order valence-electron chi connectivity index (χ1n) is 8.70. The quantitative estimate of drug-likeness (QED) is 0.814. The van der Waals surface area contributed by atoms with Gasteiger partial charge in [0, 0.05) is 25.1 Å². The molecule has 144 valence electrons. The molecule has 1 unspecified atom stereocenters. The van der Waals surface area contributed by atoms with E-state index >= 15 is 0 Å². The number of benzene rings is 1. The van der Waals surface area contributed by atoms with Gasteiger partial charge in [-0.2, -0.15) is 4.68 Å². The first-order valence-corrected chi connectivity index (χ1v) is 8.70. The summed E-state index contributed by atoms with van der Waals surface area (Å²) < 4.78 is 1.24. The number of aliphatic carboxylic acids is 1. The zero-order chi connectivity index (χ0) is 20.4. The van der Waals surface area contributed by atoms with Crippen LogP contribution in [0, 0.1) is 0 Å². The van der Waals surface area contributed by atoms with Gasteiger partial charge in [-0.15, -0.1) is 11.7 Å². The van der Waals surface area contributed by atoms with E-state index < -0.39 is 11.9 Å². The maximum Gasteiger partial charge on any atom is 0.346 e. The Morgan fingerprint density at radius 2 is 1.93 bits per heavy atom. The molecule has 7 nitrogen and oxygen atoms in total. The molecule has 0 aliphatic carbocycles. The van der Waals surface area contributed by atoms with Gasteiger partial charge in [0.25, 0.3) is 0 Å². The van der Waals surface area contributed by atoms with Gasteiger partial charge in [0.15, 0.2) is 11.6 Å². The van der Waals surface area contributed by atoms with Gasteiger partial charge in [0.1, 0.15) is 0 Å². The Morgan fingerprint density at radius 3 is 2.44 bits per heavy atom. The lowest BCUT2D eigenvalue weighted by atomic mass is 9.91. The molecule has 2 aromatic rings. The van der Waals surface area contributed by atoms with E-state index in [-0.39, 0.29) is 17.9 Å². The zero-order valence-corrected chi connectivity index (χ0v) is 16.4. The standard InChI is InChI=1S/C20H26N4O3/c1-7-10-15(17(25)26)13-11-8-9-12-14(13)16-21-18(20(2,3)4)22-24(16)19(27)23(5)6/h7-9,11-12,15H,1,10H2,2-6H3,(H,25,26). The van der Waals surface area contributed by atoms with E-state index in [0.717, 1.165) is 0 Å². The summed E-state index contributed by atoms with van der Waals surface area (Å²) in [6, 6.07) is 6.73. The van der Waals surface area contributed by atoms with Crippen LogP contribution in [0.15, 0.2) is 36.9 Å². The third-order valence-corrected chi connectivity index (χ3v) is 4.12. The Morgan fingerprint density at radius 1 is 1.30 bits per heavy atom. The van der Waals surface area contributed by atoms with Crippen LogP contribution in [0.2, 0.25) is 0 Å². The molecular formula is C20H26N4O3. The Balaban J connectivity index is 2.74. The minimum atomic E-state index is -0.955. The number of carbonyl (C=O) groups excluding carboxylic acids is 1. The maximum atomic E-state index is 12.7. The van der Waals surface area contributed by atoms with Crippen molar-refractivity contribution in [2.75, 3.05) is 14.1 Å². The van der Waals surface area contributed by atoms with E-state index in [1.807, 2.05) is 20.8 Å². The molecule has 2 rings (SSSR count). The van der Waals surface area contributed by atoms with Gasteiger partial charge in [-0.1, -0.05) is 51.1 Å². The minimum Gasteiger partial charge on any atom is -0.481 e. The minimum absolute atomic E-state index is 0.272. The van der Waals surface area contributed by atoms with Crippen LogP contribution in [-0.2, 0) is 10.2 Å². The second-order valence-electron chi connectivity index (χ2n) is 7.60. The number of rotatable bonds is 5. The molecule has 0 aliphatic rings. The summed E-state index contributed by atoms with van der Waals surface area (Å²) in [5.41, 5.74) is 0.782. The monoisotopic (exact) mass is 370 g/mol. The highest BCUT2D eigenvalue weighted by Crippen LogP contribution is 2.32. The number of hydrogen-bond donors (Lipinski definition) is 1. The molecule has 1 aromatic carbocycles. The maximum absolute atomic E-state index is 12.7. The lowest BCUT2D eigenvalue weighted by Gasteiger charge is -2.16. The summed E-state index contributed by atoms with van der Waals surface area (Å²) in [5, 5.41) is 14.1. The molecule has 0 fully saturated rings. The topological polar surface area (TPSA) is 88.3 Å². The van der Waals surface area contributed by atoms with Gasteiger partial charge in [-0.25, -0.2) is 9.78 Å². The lowest BCUT2D eigenvalue weighted by Crippen LogP contribution is -2.29. The number of allylic oxidation sites excluding steroid dienone is 1. The normalized spacial score (nSPS) is 12.5. The van der Waals surface area contributed by atoms with E-state index in [1.165, 1.54) is 9.58 Å². The molecule has 0 spiro atoms. The van der Waals surface area contributed by atoms with E-state index in [2.05, 4.69) is 16.7 Å². The summed E-state index contributed by atoms with van der Waals surface area (Å²) in [4.78, 5) is 30.5. The van der Waals surface area contributed by atoms with E-state index in [4.69, 9.17) is 0 Å². The van der Waals surface area contributed by atoms with Gasteiger partial charge in [0.2, 0.25) is 0 Å². The van der Waals surface area contributed by atoms with Crippen molar-refractivity contribution in [1.29, 1.82) is 0 Å². The van der Waals surface area contributed by atoms with Crippen LogP contribution in [0.1, 0.15) is 44.5 Å². The largest absolute Gasteiger partial charge is 0.481 e. The summed E-state index contributed by atoms with van der Waals surface area (Å²) >= 11 is 0. The average molecular weight is 370 g/mol. The lowest BCUT2D eigenvalue weighted by molar-refractivity contribution is -0.138. The SMILES string of the molecule is C=CCC(C(=O)O)c1ccccc1-c1nc(C(C)(C)C)nn1C(=O)N(C)C. The fraction of sp³-hybridized carbons (Fsp3) is 0.400. The van der Waals surface area contributed by atoms with Crippen molar-refractivity contribution in [1.82, 2.24) is 19.7 Å². The third-order valence-electron chi connectivity index (χ3n) is 4.12. The second kappa shape index (κ2) is 7.73. The molecule has 7 heteroatoms. The molecule has 0 saturated carbocycles. The van der Waals surface area contributed by atoms with Crippen molar-refractivity contribution < 1.29 is 14.7 Å². The Kier molecular flexibility index (Phi) is 5.83. The zero-order valence-electron chi connectivity index (χ0n) is 16.4. The highest BCUT2D eigenvalue weighted by atomic mass is 16.4. The first kappa shape index (κ1) is 20.4. The smallest absolute Gasteiger partial charge is 0.346 e. The highest BCUT2D eigenvalue weighted by molar-refractivity contribution is 5.84. The van der Waals surface area contributed by atoms with E-state index in [9.17, 15) is 14.7 Å². The van der Waals surface area contributed by atoms with Crippen LogP contribution >= 0.6 is 0 Å². The molecule has 0 bridgehead atoms. The number of nitrogens with zero attached hydrogens (tertiary/aromatic N) is 4. The van der Waals surface area contributed by atoms with E-state index in [1.54, 1.807) is 44.4 Å². The van der Waals surface area contributed by atoms with Crippen LogP contribution in [0.4, 0.5) is 4.79 Å². The molecule has 0 radical (unpaired) electrons. The van der Waals surface area contributed by atoms with E-state index in [0.29, 0.717) is 22.8 Å². The number of amides is 1. The van der Waals surface area contributed by atoms with Crippen LogP contribution in [0.25, 0.3) is 11.4 Å². The molecule has 0 aliphatic heterocycles. The Bertz CT molecular complexity index is 862. The predicted octanol–water partition coefficient (Wildman–Crippen LogP) is 3.52. The average Bonchev–Trinajstić information content (AvgIpc) is 3.04. The fourth-order valence-electron chi connectivity index (χ4n) is 2.66. The molecule has 27 heavy (non-hydrogen) atoms. The first-order chi connectivity index (χ1) is 12.6. The summed E-state index contributed by atoms with van der Waals surface area (Å²) in [6.07, 6.45) is 1.85. The summed E-state index contributed by atoms with van der Waals surface area (Å²) in [5.74, 6) is -0.887. The van der Waals surface area contributed by atoms with Crippen molar-refractivity contribution in [2.45, 2.75) is 38.5 Å². The van der Waals surface area contributed by atoms with Gasteiger partial charge >= 0.3 is 12.0 Å². The van der Waals surface area contributed by atoms with Gasteiger partial charge in [-0.3, -0.25) is 4.79 Å². The third kappa shape index (κ3) is 4.24. The molecule has 1 atom stereocenters. The van der Waals surface area contributed by atoms with Crippen molar-refractivity contribution >= 4 is 12.0 Å². The summed E-state index contributed by atoms with van der Waals surface area (Å²) in [6.45, 7) is 9.53. The molecule has 0 saturated heterocycles. The van der Waals surface area contributed by atoms with Crippen molar-refractivity contribution in [2.24, 2.45) is 0 Å².